The summed E-state index contributed by atoms with van der Waals surface area (Å²) in [5, 5.41) is 0. The van der Waals surface area contributed by atoms with Gasteiger partial charge in [0.15, 0.2) is 6.29 Å². The fraction of sp³-hybridized carbons (Fsp3) is 0.533. The van der Waals surface area contributed by atoms with Crippen molar-refractivity contribution in [3.05, 3.63) is 35.9 Å². The van der Waals surface area contributed by atoms with Gasteiger partial charge in [-0.05, 0) is 6.92 Å². The first kappa shape index (κ1) is 12.3. The molecule has 106 valence electrons. The summed E-state index contributed by atoms with van der Waals surface area (Å²) in [7, 11) is 0. The molecule has 3 heterocycles. The average molecular weight is 275 g/mol. The van der Waals surface area contributed by atoms with E-state index in [2.05, 4.69) is 0 Å². The molecule has 20 heavy (non-hydrogen) atoms. The van der Waals surface area contributed by atoms with Crippen molar-refractivity contribution in [1.29, 1.82) is 0 Å². The second-order valence-corrected chi connectivity index (χ2v) is 5.59. The Morgan fingerprint density at radius 2 is 1.95 bits per heavy atom. The summed E-state index contributed by atoms with van der Waals surface area (Å²) < 4.78 is 17.6. The van der Waals surface area contributed by atoms with E-state index in [1.165, 1.54) is 0 Å². The molecule has 0 saturated carbocycles. The van der Waals surface area contributed by atoms with Gasteiger partial charge in [-0.3, -0.25) is 4.79 Å². The zero-order valence-electron chi connectivity index (χ0n) is 11.3. The van der Waals surface area contributed by atoms with Crippen LogP contribution in [0.5, 0.6) is 0 Å². The minimum Gasteiger partial charge on any atom is -0.349 e. The van der Waals surface area contributed by atoms with Gasteiger partial charge in [-0.1, -0.05) is 30.3 Å². The maximum atomic E-state index is 11.8. The second kappa shape index (κ2) is 4.55. The predicted molar refractivity (Wildman–Crippen MR) is 69.5 cm³/mol. The van der Waals surface area contributed by atoms with Crippen LogP contribution in [0.1, 0.15) is 18.8 Å². The molecule has 5 nitrogen and oxygen atoms in total. The number of benzene rings is 1. The fourth-order valence-corrected chi connectivity index (χ4v) is 3.10. The number of ether oxygens (including phenoxy) is 3. The maximum Gasteiger partial charge on any atom is 0.232 e. The number of hydrogen-bond acceptors (Lipinski definition) is 4. The molecule has 0 radical (unpaired) electrons. The summed E-state index contributed by atoms with van der Waals surface area (Å²) in [5.74, 6) is 0.114. The van der Waals surface area contributed by atoms with Gasteiger partial charge in [-0.2, -0.15) is 0 Å². The van der Waals surface area contributed by atoms with Gasteiger partial charge >= 0.3 is 0 Å². The van der Waals surface area contributed by atoms with Crippen molar-refractivity contribution < 1.29 is 19.0 Å². The molecule has 3 fully saturated rings. The van der Waals surface area contributed by atoms with Crippen molar-refractivity contribution >= 4 is 5.91 Å². The molecule has 3 aliphatic rings. The molecule has 0 aliphatic carbocycles. The summed E-state index contributed by atoms with van der Waals surface area (Å²) >= 11 is 0. The lowest BCUT2D eigenvalue weighted by molar-refractivity contribution is -0.323. The maximum absolute atomic E-state index is 11.8. The number of fused-ring (bicyclic) bond motifs is 2. The molecule has 0 aromatic heterocycles. The van der Waals surface area contributed by atoms with Crippen LogP contribution in [0.3, 0.4) is 0 Å². The molecule has 0 bridgehead atoms. The lowest BCUT2D eigenvalue weighted by Gasteiger charge is -2.54. The van der Waals surface area contributed by atoms with Gasteiger partial charge in [0.1, 0.15) is 18.4 Å². The van der Waals surface area contributed by atoms with E-state index < -0.39 is 0 Å². The number of carbonyl (C=O) groups excluding carboxylic acids is 1. The highest BCUT2D eigenvalue weighted by Crippen LogP contribution is 2.37. The van der Waals surface area contributed by atoms with Crippen molar-refractivity contribution in [2.45, 2.75) is 31.6 Å². The Bertz CT molecular complexity index is 520. The van der Waals surface area contributed by atoms with Gasteiger partial charge in [0.05, 0.1) is 19.1 Å². The first-order valence-electron chi connectivity index (χ1n) is 7.02. The molecule has 1 aromatic carbocycles. The second-order valence-electron chi connectivity index (χ2n) is 5.59. The van der Waals surface area contributed by atoms with Crippen molar-refractivity contribution in [2.75, 3.05) is 13.2 Å². The number of nitrogens with zero attached hydrogens (tertiary/aromatic N) is 1. The van der Waals surface area contributed by atoms with E-state index in [0.29, 0.717) is 13.2 Å². The van der Waals surface area contributed by atoms with Gasteiger partial charge in [0.2, 0.25) is 5.91 Å². The van der Waals surface area contributed by atoms with E-state index in [-0.39, 0.29) is 36.6 Å². The topological polar surface area (TPSA) is 48.0 Å². The van der Waals surface area contributed by atoms with Gasteiger partial charge < -0.3 is 19.1 Å². The Kier molecular flexibility index (Phi) is 2.80. The highest BCUT2D eigenvalue weighted by Gasteiger charge is 2.53. The molecule has 0 N–H and O–H groups in total. The third-order valence-electron chi connectivity index (χ3n) is 4.30. The van der Waals surface area contributed by atoms with Crippen LogP contribution in [0.2, 0.25) is 0 Å². The first-order valence-corrected chi connectivity index (χ1v) is 7.02. The molecule has 5 heteroatoms. The highest BCUT2D eigenvalue weighted by atomic mass is 16.7. The Morgan fingerprint density at radius 1 is 1.15 bits per heavy atom. The summed E-state index contributed by atoms with van der Waals surface area (Å²) in [4.78, 5) is 13.5. The van der Waals surface area contributed by atoms with E-state index >= 15 is 0 Å². The summed E-state index contributed by atoms with van der Waals surface area (Å²) in [6.07, 6.45) is -0.649. The van der Waals surface area contributed by atoms with Gasteiger partial charge in [-0.25, -0.2) is 0 Å². The average Bonchev–Trinajstić information content (AvgIpc) is 2.53. The molecule has 1 amide bonds. The van der Waals surface area contributed by atoms with Crippen LogP contribution in [0.15, 0.2) is 30.3 Å². The zero-order chi connectivity index (χ0) is 13.7. The van der Waals surface area contributed by atoms with Crippen LogP contribution >= 0.6 is 0 Å². The van der Waals surface area contributed by atoms with Crippen LogP contribution in [0, 0.1) is 5.92 Å². The number of carbonyl (C=O) groups is 1. The van der Waals surface area contributed by atoms with Crippen molar-refractivity contribution in [3.63, 3.8) is 0 Å². The normalized spacial score (nSPS) is 39.8. The van der Waals surface area contributed by atoms with E-state index in [1.54, 1.807) is 4.90 Å². The molecule has 5 atom stereocenters. The largest absolute Gasteiger partial charge is 0.349 e. The number of rotatable bonds is 1. The number of amides is 1. The molecule has 4 rings (SSSR count). The predicted octanol–water partition coefficient (Wildman–Crippen LogP) is 1.30. The van der Waals surface area contributed by atoms with Crippen LogP contribution in [-0.4, -0.2) is 42.4 Å². The minimum absolute atomic E-state index is 0.0391. The minimum atomic E-state index is -0.369. The van der Waals surface area contributed by atoms with Crippen molar-refractivity contribution in [2.24, 2.45) is 5.92 Å². The standard InChI is InChI=1S/C15H17NO4/c1-9-13(17)16-7-11-12(19-14(9)16)8-18-15(20-11)10-5-3-2-4-6-10/h2-6,9,11-12,14-15H,7-8H2,1H3/t9-,11-,12+,14-,15+/m0/s1. The molecule has 1 aromatic rings. The van der Waals surface area contributed by atoms with E-state index in [1.807, 2.05) is 37.3 Å². The van der Waals surface area contributed by atoms with Crippen LogP contribution in [-0.2, 0) is 19.0 Å². The number of hydrogen-bond donors (Lipinski definition) is 0. The molecular formula is C15H17NO4. The third kappa shape index (κ3) is 1.78. The SMILES string of the molecule is C[C@H]1C(=O)N2C[C@@H]3O[C@H](c4ccccc4)OC[C@H]3O[C@@H]12. The van der Waals surface area contributed by atoms with Crippen LogP contribution < -0.4 is 0 Å². The summed E-state index contributed by atoms with van der Waals surface area (Å²) in [6.45, 7) is 3.02. The van der Waals surface area contributed by atoms with Crippen molar-refractivity contribution in [1.82, 2.24) is 4.90 Å². The smallest absolute Gasteiger partial charge is 0.232 e. The van der Waals surface area contributed by atoms with E-state index in [9.17, 15) is 4.79 Å². The highest BCUT2D eigenvalue weighted by molar-refractivity contribution is 5.85. The summed E-state index contributed by atoms with van der Waals surface area (Å²) in [6, 6.07) is 9.84. The number of β-lactam (4-membered cyclic amide) rings is 1. The molecule has 3 saturated heterocycles. The lowest BCUT2D eigenvalue weighted by Crippen LogP contribution is -2.70. The Hall–Kier alpha value is -1.43. The monoisotopic (exact) mass is 275 g/mol. The van der Waals surface area contributed by atoms with Crippen molar-refractivity contribution in [3.8, 4) is 0 Å². The fourth-order valence-electron chi connectivity index (χ4n) is 3.10. The van der Waals surface area contributed by atoms with E-state index in [4.69, 9.17) is 14.2 Å². The van der Waals surface area contributed by atoms with E-state index in [0.717, 1.165) is 5.56 Å². The Labute approximate surface area is 117 Å². The van der Waals surface area contributed by atoms with Gasteiger partial charge in [-0.15, -0.1) is 0 Å². The molecule has 0 spiro atoms. The van der Waals surface area contributed by atoms with Gasteiger partial charge in [0.25, 0.3) is 0 Å². The quantitative estimate of drug-likeness (QED) is 0.725. The molecule has 0 unspecified atom stereocenters. The van der Waals surface area contributed by atoms with Gasteiger partial charge in [0, 0.05) is 5.56 Å². The van der Waals surface area contributed by atoms with Crippen LogP contribution in [0.25, 0.3) is 0 Å². The lowest BCUT2D eigenvalue weighted by atomic mass is 9.94. The molecular weight excluding hydrogens is 258 g/mol. The first-order chi connectivity index (χ1) is 9.74. The molecule has 3 aliphatic heterocycles. The Balaban J connectivity index is 1.48. The zero-order valence-corrected chi connectivity index (χ0v) is 11.3. The Morgan fingerprint density at radius 3 is 2.75 bits per heavy atom. The van der Waals surface area contributed by atoms with Crippen LogP contribution in [0.4, 0.5) is 0 Å². The third-order valence-corrected chi connectivity index (χ3v) is 4.30. The summed E-state index contributed by atoms with van der Waals surface area (Å²) in [5.41, 5.74) is 0.997.